The van der Waals surface area contributed by atoms with Crippen molar-refractivity contribution in [3.8, 4) is 5.69 Å². The second kappa shape index (κ2) is 3.80. The molecule has 0 aliphatic rings. The third-order valence-electron chi connectivity index (χ3n) is 3.14. The molecule has 0 saturated heterocycles. The molecular weight excluding hydrogens is 256 g/mol. The first-order chi connectivity index (χ1) is 9.33. The number of nitrogens with two attached hydrogens (primary N) is 1. The average Bonchev–Trinajstić information content (AvgIpc) is 3.00. The van der Waals surface area contributed by atoms with Crippen LogP contribution in [0.1, 0.15) is 0 Å². The maximum absolute atomic E-state index is 6.02. The van der Waals surface area contributed by atoms with E-state index in [1.807, 2.05) is 22.8 Å². The summed E-state index contributed by atoms with van der Waals surface area (Å²) < 4.78 is 3.15. The van der Waals surface area contributed by atoms with Crippen LogP contribution in [-0.2, 0) is 0 Å². The Balaban J connectivity index is 2.05. The molecule has 0 saturated carbocycles. The van der Waals surface area contributed by atoms with Crippen LogP contribution in [0.2, 0.25) is 0 Å². The molecule has 0 aliphatic carbocycles. The van der Waals surface area contributed by atoms with Crippen LogP contribution >= 0.6 is 11.3 Å². The van der Waals surface area contributed by atoms with Crippen LogP contribution < -0.4 is 5.73 Å². The molecule has 0 spiro atoms. The molecule has 0 fully saturated rings. The van der Waals surface area contributed by atoms with Gasteiger partial charge in [-0.15, -0.1) is 11.3 Å². The number of hydrogen-bond acceptors (Lipinski definition) is 4. The summed E-state index contributed by atoms with van der Waals surface area (Å²) in [7, 11) is 0. The van der Waals surface area contributed by atoms with E-state index in [4.69, 9.17) is 5.73 Å². The first-order valence-corrected chi connectivity index (χ1v) is 6.77. The largest absolute Gasteiger partial charge is 0.369 e. The summed E-state index contributed by atoms with van der Waals surface area (Å²) in [4.78, 5) is 8.71. The summed E-state index contributed by atoms with van der Waals surface area (Å²) in [5, 5.41) is 3.29. The van der Waals surface area contributed by atoms with Gasteiger partial charge in [0.15, 0.2) is 5.65 Å². The van der Waals surface area contributed by atoms with Gasteiger partial charge in [0.05, 0.1) is 5.69 Å². The van der Waals surface area contributed by atoms with Crippen LogP contribution in [0.4, 0.5) is 5.95 Å². The summed E-state index contributed by atoms with van der Waals surface area (Å²) in [6.07, 6.45) is 1.75. The number of benzene rings is 1. The Morgan fingerprint density at radius 2 is 2.11 bits per heavy atom. The molecule has 4 aromatic rings. The minimum absolute atomic E-state index is 0.461. The standard InChI is InChI=1S/C14H10N4S/c15-14-17-11-2-1-6-16-13(11)18(14)10-3-4-12-9(8-10)5-7-19-12/h1-8H,(H2,15,17). The first kappa shape index (κ1) is 10.5. The second-order valence-corrected chi connectivity index (χ2v) is 5.24. The summed E-state index contributed by atoms with van der Waals surface area (Å²) in [5.41, 5.74) is 8.61. The van der Waals surface area contributed by atoms with Crippen molar-refractivity contribution >= 4 is 38.5 Å². The van der Waals surface area contributed by atoms with Gasteiger partial charge in [0.25, 0.3) is 0 Å². The van der Waals surface area contributed by atoms with Gasteiger partial charge in [-0.25, -0.2) is 9.97 Å². The van der Waals surface area contributed by atoms with Gasteiger partial charge < -0.3 is 5.73 Å². The zero-order valence-corrected chi connectivity index (χ0v) is 10.8. The maximum atomic E-state index is 6.02. The molecule has 0 bridgehead atoms. The Bertz CT molecular complexity index is 891. The van der Waals surface area contributed by atoms with Gasteiger partial charge in [0, 0.05) is 10.9 Å². The molecule has 4 rings (SSSR count). The van der Waals surface area contributed by atoms with Crippen molar-refractivity contribution in [1.29, 1.82) is 0 Å². The van der Waals surface area contributed by atoms with Gasteiger partial charge in [0.2, 0.25) is 5.95 Å². The minimum Gasteiger partial charge on any atom is -0.369 e. The highest BCUT2D eigenvalue weighted by molar-refractivity contribution is 7.17. The number of thiophene rings is 1. The van der Waals surface area contributed by atoms with Crippen molar-refractivity contribution in [3.05, 3.63) is 48.0 Å². The van der Waals surface area contributed by atoms with Crippen LogP contribution in [0.5, 0.6) is 0 Å². The molecule has 19 heavy (non-hydrogen) atoms. The van der Waals surface area contributed by atoms with Crippen LogP contribution in [0, 0.1) is 0 Å². The molecule has 1 aromatic carbocycles. The molecule has 4 nitrogen and oxygen atoms in total. The van der Waals surface area contributed by atoms with Gasteiger partial charge in [-0.05, 0) is 47.2 Å². The van der Waals surface area contributed by atoms with E-state index < -0.39 is 0 Å². The molecular formula is C14H10N4S. The molecule has 5 heteroatoms. The normalized spacial score (nSPS) is 11.4. The number of pyridine rings is 1. The predicted octanol–water partition coefficient (Wildman–Crippen LogP) is 3.22. The molecule has 0 unspecified atom stereocenters. The SMILES string of the molecule is Nc1nc2cccnc2n1-c1ccc2sccc2c1. The van der Waals surface area contributed by atoms with E-state index in [0.717, 1.165) is 16.9 Å². The topological polar surface area (TPSA) is 56.7 Å². The fourth-order valence-corrected chi connectivity index (χ4v) is 3.05. The second-order valence-electron chi connectivity index (χ2n) is 4.29. The minimum atomic E-state index is 0.461. The smallest absolute Gasteiger partial charge is 0.207 e. The summed E-state index contributed by atoms with van der Waals surface area (Å²) in [5.74, 6) is 0.461. The Hall–Kier alpha value is -2.40. The summed E-state index contributed by atoms with van der Waals surface area (Å²) in [6.45, 7) is 0. The Morgan fingerprint density at radius 3 is 3.05 bits per heavy atom. The van der Waals surface area contributed by atoms with Crippen LogP contribution in [-0.4, -0.2) is 14.5 Å². The highest BCUT2D eigenvalue weighted by Crippen LogP contribution is 2.26. The average molecular weight is 266 g/mol. The third kappa shape index (κ3) is 1.52. The molecule has 3 heterocycles. The number of rotatable bonds is 1. The van der Waals surface area contributed by atoms with Gasteiger partial charge in [0.1, 0.15) is 5.52 Å². The molecule has 0 atom stereocenters. The Labute approximate surface area is 113 Å². The number of nitrogens with zero attached hydrogens (tertiary/aromatic N) is 3. The monoisotopic (exact) mass is 266 g/mol. The third-order valence-corrected chi connectivity index (χ3v) is 4.03. The Kier molecular flexibility index (Phi) is 2.10. The number of nitrogen functional groups attached to an aromatic ring is 1. The van der Waals surface area contributed by atoms with Gasteiger partial charge in [-0.3, -0.25) is 4.57 Å². The lowest BCUT2D eigenvalue weighted by Crippen LogP contribution is -2.01. The quantitative estimate of drug-likeness (QED) is 0.575. The molecule has 0 amide bonds. The number of anilines is 1. The number of imidazole rings is 1. The zero-order chi connectivity index (χ0) is 12.8. The Morgan fingerprint density at radius 1 is 1.16 bits per heavy atom. The van der Waals surface area contributed by atoms with E-state index in [2.05, 4.69) is 33.5 Å². The number of hydrogen-bond donors (Lipinski definition) is 1. The van der Waals surface area contributed by atoms with Crippen LogP contribution in [0.15, 0.2) is 48.0 Å². The van der Waals surface area contributed by atoms with E-state index in [1.54, 1.807) is 17.5 Å². The van der Waals surface area contributed by atoms with E-state index in [0.29, 0.717) is 5.95 Å². The van der Waals surface area contributed by atoms with Gasteiger partial charge in [-0.1, -0.05) is 0 Å². The van der Waals surface area contributed by atoms with Crippen molar-refractivity contribution in [2.75, 3.05) is 5.73 Å². The van der Waals surface area contributed by atoms with E-state index in [-0.39, 0.29) is 0 Å². The lowest BCUT2D eigenvalue weighted by atomic mass is 10.2. The van der Waals surface area contributed by atoms with Crippen molar-refractivity contribution in [1.82, 2.24) is 14.5 Å². The summed E-state index contributed by atoms with van der Waals surface area (Å²) >= 11 is 1.73. The molecule has 2 N–H and O–H groups in total. The summed E-state index contributed by atoms with van der Waals surface area (Å²) in [6, 6.07) is 12.1. The molecule has 92 valence electrons. The highest BCUT2D eigenvalue weighted by Gasteiger charge is 2.11. The number of fused-ring (bicyclic) bond motifs is 2. The van der Waals surface area contributed by atoms with Gasteiger partial charge >= 0.3 is 0 Å². The highest BCUT2D eigenvalue weighted by atomic mass is 32.1. The van der Waals surface area contributed by atoms with Crippen molar-refractivity contribution < 1.29 is 0 Å². The van der Waals surface area contributed by atoms with Crippen LogP contribution in [0.25, 0.3) is 26.9 Å². The van der Waals surface area contributed by atoms with Gasteiger partial charge in [-0.2, -0.15) is 0 Å². The van der Waals surface area contributed by atoms with Crippen LogP contribution in [0.3, 0.4) is 0 Å². The molecule has 3 aromatic heterocycles. The lowest BCUT2D eigenvalue weighted by Gasteiger charge is -2.05. The van der Waals surface area contributed by atoms with E-state index >= 15 is 0 Å². The van der Waals surface area contributed by atoms with E-state index in [1.165, 1.54) is 10.1 Å². The fraction of sp³-hybridized carbons (Fsp3) is 0. The number of aromatic nitrogens is 3. The van der Waals surface area contributed by atoms with Crippen molar-refractivity contribution in [3.63, 3.8) is 0 Å². The molecule has 0 radical (unpaired) electrons. The maximum Gasteiger partial charge on any atom is 0.207 e. The first-order valence-electron chi connectivity index (χ1n) is 5.89. The zero-order valence-electron chi connectivity index (χ0n) is 9.95. The predicted molar refractivity (Wildman–Crippen MR) is 78.7 cm³/mol. The van der Waals surface area contributed by atoms with Crippen molar-refractivity contribution in [2.45, 2.75) is 0 Å². The van der Waals surface area contributed by atoms with E-state index in [9.17, 15) is 0 Å². The van der Waals surface area contributed by atoms with Crippen molar-refractivity contribution in [2.24, 2.45) is 0 Å². The lowest BCUT2D eigenvalue weighted by molar-refractivity contribution is 1.09. The molecule has 0 aliphatic heterocycles. The fourth-order valence-electron chi connectivity index (χ4n) is 2.28.